The molecular formula is C14H16BrN3O2S. The van der Waals surface area contributed by atoms with Crippen LogP contribution in [-0.4, -0.2) is 13.4 Å². The smallest absolute Gasteiger partial charge is 0.262 e. The zero-order chi connectivity index (χ0) is 15.6. The van der Waals surface area contributed by atoms with E-state index in [-0.39, 0.29) is 11.4 Å². The Bertz CT molecular complexity index is 776. The van der Waals surface area contributed by atoms with Crippen LogP contribution in [0, 0.1) is 13.8 Å². The van der Waals surface area contributed by atoms with Gasteiger partial charge in [-0.05, 0) is 48.7 Å². The van der Waals surface area contributed by atoms with Crippen LogP contribution in [0.15, 0.2) is 40.0 Å². The third-order valence-electron chi connectivity index (χ3n) is 3.15. The van der Waals surface area contributed by atoms with E-state index >= 15 is 0 Å². The number of hydrogen-bond donors (Lipinski definition) is 2. The van der Waals surface area contributed by atoms with Crippen molar-refractivity contribution >= 4 is 31.6 Å². The van der Waals surface area contributed by atoms with Crippen molar-refractivity contribution in [1.29, 1.82) is 0 Å². The first-order valence-corrected chi connectivity index (χ1v) is 8.55. The van der Waals surface area contributed by atoms with Gasteiger partial charge in [0.05, 0.1) is 10.6 Å². The van der Waals surface area contributed by atoms with Gasteiger partial charge in [0.25, 0.3) is 10.0 Å². The Morgan fingerprint density at radius 2 is 2.05 bits per heavy atom. The third-order valence-corrected chi connectivity index (χ3v) is 5.46. The Hall–Kier alpha value is -1.44. The van der Waals surface area contributed by atoms with Crippen LogP contribution in [0.5, 0.6) is 0 Å². The highest BCUT2D eigenvalue weighted by Gasteiger charge is 2.20. The summed E-state index contributed by atoms with van der Waals surface area (Å²) < 4.78 is 28.5. The second-order valence-corrected chi connectivity index (χ2v) is 7.21. The molecule has 0 unspecified atom stereocenters. The number of pyridine rings is 1. The fraction of sp³-hybridized carbons (Fsp3) is 0.214. The minimum absolute atomic E-state index is 0.216. The number of nitrogens with one attached hydrogen (secondary N) is 1. The Morgan fingerprint density at radius 3 is 2.67 bits per heavy atom. The van der Waals surface area contributed by atoms with Crippen molar-refractivity contribution in [2.24, 2.45) is 5.73 Å². The molecule has 1 aromatic heterocycles. The van der Waals surface area contributed by atoms with E-state index in [4.69, 9.17) is 5.73 Å². The van der Waals surface area contributed by atoms with Crippen molar-refractivity contribution in [3.63, 3.8) is 0 Å². The molecule has 5 nitrogen and oxygen atoms in total. The van der Waals surface area contributed by atoms with Crippen molar-refractivity contribution in [3.05, 3.63) is 51.8 Å². The van der Waals surface area contributed by atoms with Crippen LogP contribution in [-0.2, 0) is 16.6 Å². The number of aromatic nitrogens is 1. The van der Waals surface area contributed by atoms with Crippen LogP contribution in [0.2, 0.25) is 0 Å². The largest absolute Gasteiger partial charge is 0.326 e. The quantitative estimate of drug-likeness (QED) is 0.867. The lowest BCUT2D eigenvalue weighted by Crippen LogP contribution is -2.16. The molecule has 21 heavy (non-hydrogen) atoms. The normalized spacial score (nSPS) is 11.4. The fourth-order valence-corrected chi connectivity index (χ4v) is 3.98. The summed E-state index contributed by atoms with van der Waals surface area (Å²) in [6.07, 6.45) is 3.15. The first kappa shape index (κ1) is 15.9. The number of benzene rings is 1. The van der Waals surface area contributed by atoms with E-state index in [1.54, 1.807) is 38.4 Å². The maximum Gasteiger partial charge on any atom is 0.262 e. The number of sulfonamides is 1. The maximum atomic E-state index is 12.6. The van der Waals surface area contributed by atoms with Crippen LogP contribution in [0.3, 0.4) is 0 Å². The van der Waals surface area contributed by atoms with Crippen LogP contribution in [0.1, 0.15) is 16.7 Å². The van der Waals surface area contributed by atoms with Crippen LogP contribution < -0.4 is 10.5 Å². The van der Waals surface area contributed by atoms with Gasteiger partial charge < -0.3 is 5.73 Å². The number of anilines is 1. The molecule has 0 bridgehead atoms. The molecule has 0 atom stereocenters. The molecule has 7 heteroatoms. The molecule has 0 spiro atoms. The Labute approximate surface area is 132 Å². The molecule has 0 amide bonds. The summed E-state index contributed by atoms with van der Waals surface area (Å²) >= 11 is 3.37. The Kier molecular flexibility index (Phi) is 4.65. The predicted octanol–water partition coefficient (Wildman–Crippen LogP) is 2.72. The van der Waals surface area contributed by atoms with Crippen molar-refractivity contribution < 1.29 is 8.42 Å². The average Bonchev–Trinajstić information content (AvgIpc) is 2.43. The molecule has 112 valence electrons. The molecule has 0 fully saturated rings. The maximum absolute atomic E-state index is 12.6. The van der Waals surface area contributed by atoms with E-state index < -0.39 is 10.0 Å². The lowest BCUT2D eigenvalue weighted by molar-refractivity contribution is 0.600. The molecular weight excluding hydrogens is 354 g/mol. The second kappa shape index (κ2) is 6.13. The van der Waals surface area contributed by atoms with Crippen LogP contribution in [0.4, 0.5) is 5.69 Å². The van der Waals surface area contributed by atoms with Gasteiger partial charge in [0.1, 0.15) is 0 Å². The summed E-state index contributed by atoms with van der Waals surface area (Å²) in [5.41, 5.74) is 8.28. The van der Waals surface area contributed by atoms with Crippen molar-refractivity contribution in [2.45, 2.75) is 25.3 Å². The number of nitrogens with zero attached hydrogens (tertiary/aromatic N) is 1. The van der Waals surface area contributed by atoms with Crippen molar-refractivity contribution in [1.82, 2.24) is 4.98 Å². The number of hydrogen-bond acceptors (Lipinski definition) is 4. The molecule has 1 heterocycles. The topological polar surface area (TPSA) is 85.1 Å². The van der Waals surface area contributed by atoms with Gasteiger partial charge >= 0.3 is 0 Å². The lowest BCUT2D eigenvalue weighted by Gasteiger charge is -2.14. The number of rotatable bonds is 4. The first-order valence-electron chi connectivity index (χ1n) is 6.27. The minimum atomic E-state index is -3.68. The van der Waals surface area contributed by atoms with Gasteiger partial charge in [-0.1, -0.05) is 15.9 Å². The monoisotopic (exact) mass is 369 g/mol. The summed E-state index contributed by atoms with van der Waals surface area (Å²) in [6.45, 7) is 3.82. The molecule has 0 aliphatic heterocycles. The summed E-state index contributed by atoms with van der Waals surface area (Å²) in [5.74, 6) is 0. The number of halogens is 1. The van der Waals surface area contributed by atoms with Gasteiger partial charge in [-0.2, -0.15) is 0 Å². The average molecular weight is 370 g/mol. The van der Waals surface area contributed by atoms with Gasteiger partial charge in [0.15, 0.2) is 0 Å². The van der Waals surface area contributed by atoms with Crippen LogP contribution in [0.25, 0.3) is 0 Å². The number of nitrogens with two attached hydrogens (primary N) is 1. The van der Waals surface area contributed by atoms with Gasteiger partial charge in [-0.25, -0.2) is 8.42 Å². The summed E-state index contributed by atoms with van der Waals surface area (Å²) in [5, 5.41) is 0. The number of aryl methyl sites for hydroxylation is 1. The van der Waals surface area contributed by atoms with Crippen LogP contribution >= 0.6 is 15.9 Å². The zero-order valence-corrected chi connectivity index (χ0v) is 14.1. The second-order valence-electron chi connectivity index (χ2n) is 4.70. The van der Waals surface area contributed by atoms with E-state index in [2.05, 4.69) is 25.6 Å². The molecule has 0 aliphatic carbocycles. The van der Waals surface area contributed by atoms with Gasteiger partial charge in [0, 0.05) is 23.4 Å². The van der Waals surface area contributed by atoms with Gasteiger partial charge in [-0.3, -0.25) is 9.71 Å². The SMILES string of the molecule is Cc1cnccc1NS(=O)(=O)c1cc(CN)cc(Br)c1C. The lowest BCUT2D eigenvalue weighted by atomic mass is 10.1. The molecule has 0 saturated heterocycles. The van der Waals surface area contributed by atoms with E-state index in [0.29, 0.717) is 11.3 Å². The highest BCUT2D eigenvalue weighted by Crippen LogP contribution is 2.27. The summed E-state index contributed by atoms with van der Waals surface area (Å²) in [4.78, 5) is 4.16. The molecule has 3 N–H and O–H groups in total. The predicted molar refractivity (Wildman–Crippen MR) is 86.6 cm³/mol. The Morgan fingerprint density at radius 1 is 1.33 bits per heavy atom. The van der Waals surface area contributed by atoms with Crippen molar-refractivity contribution in [3.8, 4) is 0 Å². The molecule has 0 radical (unpaired) electrons. The standard InChI is InChI=1S/C14H16BrN3O2S/c1-9-8-17-4-3-13(9)18-21(19,20)14-6-11(7-16)5-12(15)10(14)2/h3-6,8H,7,16H2,1-2H3,(H,17,18). The summed E-state index contributed by atoms with van der Waals surface area (Å²) in [6, 6.07) is 5.05. The van der Waals surface area contributed by atoms with Gasteiger partial charge in [-0.15, -0.1) is 0 Å². The highest BCUT2D eigenvalue weighted by atomic mass is 79.9. The molecule has 2 aromatic rings. The summed E-state index contributed by atoms with van der Waals surface area (Å²) in [7, 11) is -3.68. The zero-order valence-electron chi connectivity index (χ0n) is 11.7. The first-order chi connectivity index (χ1) is 9.85. The highest BCUT2D eigenvalue weighted by molar-refractivity contribution is 9.10. The molecule has 0 saturated carbocycles. The van der Waals surface area contributed by atoms with E-state index in [9.17, 15) is 8.42 Å². The van der Waals surface area contributed by atoms with Crippen molar-refractivity contribution in [2.75, 3.05) is 4.72 Å². The fourth-order valence-electron chi connectivity index (χ4n) is 1.89. The van der Waals surface area contributed by atoms with Gasteiger partial charge in [0.2, 0.25) is 0 Å². The molecule has 1 aromatic carbocycles. The third kappa shape index (κ3) is 3.42. The van der Waals surface area contributed by atoms with E-state index in [1.807, 2.05) is 6.07 Å². The Balaban J connectivity index is 2.50. The van der Waals surface area contributed by atoms with E-state index in [1.165, 1.54) is 0 Å². The van der Waals surface area contributed by atoms with E-state index in [0.717, 1.165) is 15.6 Å². The minimum Gasteiger partial charge on any atom is -0.326 e. The molecule has 0 aliphatic rings. The molecule has 2 rings (SSSR count).